The highest BCUT2D eigenvalue weighted by Gasteiger charge is 2.10. The van der Waals surface area contributed by atoms with Crippen molar-refractivity contribution in [2.24, 2.45) is 0 Å². The van der Waals surface area contributed by atoms with Gasteiger partial charge in [0, 0.05) is 5.69 Å². The average Bonchev–Trinajstić information content (AvgIpc) is 2.57. The lowest BCUT2D eigenvalue weighted by Crippen LogP contribution is -2.19. The maximum atomic E-state index is 12.9. The Morgan fingerprint density at radius 1 is 1.44 bits per heavy atom. The van der Waals surface area contributed by atoms with E-state index in [1.807, 2.05) is 0 Å². The number of nitrogens with zero attached hydrogens (tertiary/aromatic N) is 3. The fourth-order valence-electron chi connectivity index (χ4n) is 1.30. The predicted molar refractivity (Wildman–Crippen MR) is 65.1 cm³/mol. The van der Waals surface area contributed by atoms with Gasteiger partial charge in [-0.05, 0) is 41.4 Å². The van der Waals surface area contributed by atoms with Crippen LogP contribution in [0.5, 0.6) is 0 Å². The highest BCUT2D eigenvalue weighted by Crippen LogP contribution is 2.11. The number of amides is 1. The van der Waals surface area contributed by atoms with Crippen molar-refractivity contribution in [3.05, 3.63) is 40.6 Å². The van der Waals surface area contributed by atoms with E-state index in [9.17, 15) is 9.18 Å². The second-order valence-electron chi connectivity index (χ2n) is 3.37. The van der Waals surface area contributed by atoms with Gasteiger partial charge in [-0.15, -0.1) is 5.10 Å². The predicted octanol–water partition coefficient (Wildman–Crippen LogP) is 2.36. The van der Waals surface area contributed by atoms with Crippen LogP contribution in [0.3, 0.4) is 0 Å². The molecule has 1 aromatic carbocycles. The maximum absolute atomic E-state index is 12.9. The summed E-state index contributed by atoms with van der Waals surface area (Å²) in [7, 11) is 0. The van der Waals surface area contributed by atoms with Crippen LogP contribution in [0.2, 0.25) is 10.6 Å². The molecule has 1 N–H and O–H groups in total. The van der Waals surface area contributed by atoms with Gasteiger partial charge in [0.2, 0.25) is 16.5 Å². The number of rotatable bonds is 3. The Hall–Kier alpha value is -1.66. The van der Waals surface area contributed by atoms with Crippen molar-refractivity contribution < 1.29 is 9.18 Å². The Morgan fingerprint density at radius 2 is 2.22 bits per heavy atom. The minimum Gasteiger partial charge on any atom is -0.324 e. The SMILES string of the molecule is O=C(Cn1nc(Cl)nc1Cl)Nc1cccc(F)c1. The van der Waals surface area contributed by atoms with Gasteiger partial charge in [0.15, 0.2) is 0 Å². The number of carbonyl (C=O) groups is 1. The van der Waals surface area contributed by atoms with Crippen LogP contribution in [0.15, 0.2) is 24.3 Å². The lowest BCUT2D eigenvalue weighted by atomic mass is 10.3. The highest BCUT2D eigenvalue weighted by molar-refractivity contribution is 6.31. The van der Waals surface area contributed by atoms with Gasteiger partial charge in [0.05, 0.1) is 0 Å². The molecule has 94 valence electrons. The lowest BCUT2D eigenvalue weighted by Gasteiger charge is -2.05. The van der Waals surface area contributed by atoms with E-state index in [1.54, 1.807) is 6.07 Å². The van der Waals surface area contributed by atoms with Gasteiger partial charge in [-0.2, -0.15) is 4.98 Å². The van der Waals surface area contributed by atoms with Crippen molar-refractivity contribution in [3.63, 3.8) is 0 Å². The molecule has 0 unspecified atom stereocenters. The van der Waals surface area contributed by atoms with Crippen molar-refractivity contribution in [1.82, 2.24) is 14.8 Å². The Morgan fingerprint density at radius 3 is 2.83 bits per heavy atom. The van der Waals surface area contributed by atoms with Crippen LogP contribution in [0, 0.1) is 5.82 Å². The van der Waals surface area contributed by atoms with E-state index >= 15 is 0 Å². The summed E-state index contributed by atoms with van der Waals surface area (Å²) in [6.45, 7) is -0.158. The van der Waals surface area contributed by atoms with Crippen LogP contribution >= 0.6 is 23.2 Å². The molecule has 1 aromatic heterocycles. The van der Waals surface area contributed by atoms with E-state index in [4.69, 9.17) is 23.2 Å². The summed E-state index contributed by atoms with van der Waals surface area (Å²) >= 11 is 11.2. The number of hydrogen-bond donors (Lipinski definition) is 1. The van der Waals surface area contributed by atoms with E-state index in [0.717, 1.165) is 4.68 Å². The fourth-order valence-corrected chi connectivity index (χ4v) is 1.69. The first-order valence-corrected chi connectivity index (χ1v) is 5.61. The van der Waals surface area contributed by atoms with Crippen molar-refractivity contribution in [1.29, 1.82) is 0 Å². The Bertz CT molecular complexity index is 587. The molecule has 8 heteroatoms. The molecule has 5 nitrogen and oxygen atoms in total. The molecule has 0 fully saturated rings. The third-order valence-corrected chi connectivity index (χ3v) is 2.44. The Kier molecular flexibility index (Phi) is 3.78. The van der Waals surface area contributed by atoms with Crippen LogP contribution in [0.1, 0.15) is 0 Å². The fraction of sp³-hybridized carbons (Fsp3) is 0.100. The largest absolute Gasteiger partial charge is 0.324 e. The summed E-state index contributed by atoms with van der Waals surface area (Å²) in [4.78, 5) is 15.3. The standard InChI is InChI=1S/C10H7Cl2FN4O/c11-9-15-10(12)17(16-9)5-8(18)14-7-3-1-2-6(13)4-7/h1-4H,5H2,(H,14,18). The zero-order valence-electron chi connectivity index (χ0n) is 8.90. The molecule has 2 rings (SSSR count). The van der Waals surface area contributed by atoms with Crippen molar-refractivity contribution in [2.75, 3.05) is 5.32 Å². The number of hydrogen-bond acceptors (Lipinski definition) is 3. The number of benzene rings is 1. The van der Waals surface area contributed by atoms with Crippen molar-refractivity contribution in [3.8, 4) is 0 Å². The lowest BCUT2D eigenvalue weighted by molar-refractivity contribution is -0.116. The first-order chi connectivity index (χ1) is 8.54. The molecule has 2 aromatic rings. The second-order valence-corrected chi connectivity index (χ2v) is 4.04. The third kappa shape index (κ3) is 3.18. The molecule has 0 saturated carbocycles. The van der Waals surface area contributed by atoms with Crippen LogP contribution < -0.4 is 5.32 Å². The van der Waals surface area contributed by atoms with Crippen molar-refractivity contribution in [2.45, 2.75) is 6.54 Å². The molecular formula is C10H7Cl2FN4O. The molecule has 1 heterocycles. The highest BCUT2D eigenvalue weighted by atomic mass is 35.5. The Labute approximate surface area is 112 Å². The van der Waals surface area contributed by atoms with Crippen LogP contribution in [0.25, 0.3) is 0 Å². The normalized spacial score (nSPS) is 10.4. The van der Waals surface area contributed by atoms with E-state index < -0.39 is 11.7 Å². The van der Waals surface area contributed by atoms with Gasteiger partial charge in [0.25, 0.3) is 0 Å². The van der Waals surface area contributed by atoms with E-state index in [-0.39, 0.29) is 17.1 Å². The quantitative estimate of drug-likeness (QED) is 0.943. The first kappa shape index (κ1) is 12.8. The minimum absolute atomic E-state index is 0.00870. The molecule has 0 aliphatic rings. The zero-order valence-corrected chi connectivity index (χ0v) is 10.4. The topological polar surface area (TPSA) is 59.8 Å². The van der Waals surface area contributed by atoms with E-state index in [1.165, 1.54) is 18.2 Å². The van der Waals surface area contributed by atoms with Gasteiger partial charge in [-0.25, -0.2) is 9.07 Å². The summed E-state index contributed by atoms with van der Waals surface area (Å²) in [5.41, 5.74) is 0.349. The zero-order chi connectivity index (χ0) is 13.1. The molecule has 0 spiro atoms. The van der Waals surface area contributed by atoms with Gasteiger partial charge >= 0.3 is 0 Å². The summed E-state index contributed by atoms with van der Waals surface area (Å²) in [5.74, 6) is -0.848. The smallest absolute Gasteiger partial charge is 0.246 e. The Balaban J connectivity index is 2.03. The van der Waals surface area contributed by atoms with Crippen LogP contribution in [-0.4, -0.2) is 20.7 Å². The first-order valence-electron chi connectivity index (χ1n) is 4.86. The summed E-state index contributed by atoms with van der Waals surface area (Å²) in [5, 5.41) is 6.18. The van der Waals surface area contributed by atoms with Gasteiger partial charge < -0.3 is 5.32 Å². The number of nitrogens with one attached hydrogen (secondary N) is 1. The van der Waals surface area contributed by atoms with E-state index in [2.05, 4.69) is 15.4 Å². The maximum Gasteiger partial charge on any atom is 0.246 e. The molecule has 0 aliphatic carbocycles. The van der Waals surface area contributed by atoms with Gasteiger partial charge in [0.1, 0.15) is 12.4 Å². The number of carbonyl (C=O) groups excluding carboxylic acids is 1. The molecule has 0 saturated heterocycles. The van der Waals surface area contributed by atoms with Crippen LogP contribution in [0.4, 0.5) is 10.1 Å². The van der Waals surface area contributed by atoms with Gasteiger partial charge in [-0.3, -0.25) is 4.79 Å². The summed E-state index contributed by atoms with van der Waals surface area (Å²) in [6.07, 6.45) is 0. The number of halogens is 3. The molecule has 18 heavy (non-hydrogen) atoms. The van der Waals surface area contributed by atoms with Gasteiger partial charge in [-0.1, -0.05) is 6.07 Å². The molecule has 1 amide bonds. The van der Waals surface area contributed by atoms with Crippen molar-refractivity contribution >= 4 is 34.8 Å². The molecule has 0 aliphatic heterocycles. The summed E-state index contributed by atoms with van der Waals surface area (Å²) < 4.78 is 14.0. The monoisotopic (exact) mass is 288 g/mol. The van der Waals surface area contributed by atoms with E-state index in [0.29, 0.717) is 5.69 Å². The molecular weight excluding hydrogens is 282 g/mol. The third-order valence-electron chi connectivity index (χ3n) is 2.00. The molecule has 0 bridgehead atoms. The number of anilines is 1. The summed E-state index contributed by atoms with van der Waals surface area (Å²) in [6, 6.07) is 5.54. The van der Waals surface area contributed by atoms with Crippen LogP contribution in [-0.2, 0) is 11.3 Å². The minimum atomic E-state index is -0.436. The average molecular weight is 289 g/mol. The number of aromatic nitrogens is 3. The second kappa shape index (κ2) is 5.32. The molecule has 0 atom stereocenters. The molecule has 0 radical (unpaired) electrons.